The van der Waals surface area contributed by atoms with Gasteiger partial charge < -0.3 is 14.9 Å². The summed E-state index contributed by atoms with van der Waals surface area (Å²) in [4.78, 5) is 15.8. The first-order chi connectivity index (χ1) is 12.4. The molecule has 0 amide bonds. The Bertz CT molecular complexity index is 536. The number of hydrogen-bond donors (Lipinski definition) is 3. The highest BCUT2D eigenvalue weighted by molar-refractivity contribution is 7.96. The van der Waals surface area contributed by atoms with Crippen molar-refractivity contribution in [3.63, 3.8) is 0 Å². The van der Waals surface area contributed by atoms with Gasteiger partial charge in [-0.3, -0.25) is 9.79 Å². The summed E-state index contributed by atoms with van der Waals surface area (Å²) in [6.07, 6.45) is 10.0. The molecule has 0 saturated heterocycles. The van der Waals surface area contributed by atoms with Gasteiger partial charge in [-0.25, -0.2) is 0 Å². The molecule has 2 aliphatic rings. The van der Waals surface area contributed by atoms with Crippen molar-refractivity contribution in [3.05, 3.63) is 12.2 Å². The summed E-state index contributed by atoms with van der Waals surface area (Å²) in [5.41, 5.74) is 0.391. The van der Waals surface area contributed by atoms with Crippen LogP contribution in [0.5, 0.6) is 0 Å². The van der Waals surface area contributed by atoms with E-state index < -0.39 is 17.9 Å². The van der Waals surface area contributed by atoms with Gasteiger partial charge in [-0.05, 0) is 25.7 Å². The van der Waals surface area contributed by atoms with E-state index in [0.29, 0.717) is 12.8 Å². The molecule has 1 fully saturated rings. The minimum absolute atomic E-state index is 0.0662. The first-order valence-corrected chi connectivity index (χ1v) is 10.3. The Balaban J connectivity index is 1.97. The van der Waals surface area contributed by atoms with Crippen LogP contribution in [0.4, 0.5) is 0 Å². The third kappa shape index (κ3) is 5.41. The Kier molecular flexibility index (Phi) is 8.33. The molecule has 1 aliphatic heterocycles. The summed E-state index contributed by atoms with van der Waals surface area (Å²) in [5.74, 6) is 0.0202. The molecule has 0 radical (unpaired) electrons. The number of ether oxygens (including phenoxy) is 1. The van der Waals surface area contributed by atoms with Crippen LogP contribution in [0.25, 0.3) is 0 Å². The fourth-order valence-electron chi connectivity index (χ4n) is 4.25. The zero-order valence-electron chi connectivity index (χ0n) is 15.9. The maximum atomic E-state index is 11.0. The molecule has 5 nitrogen and oxygen atoms in total. The second-order valence-electron chi connectivity index (χ2n) is 7.58. The number of thiol groups is 1. The predicted octanol–water partition coefficient (Wildman–Crippen LogP) is 3.29. The summed E-state index contributed by atoms with van der Waals surface area (Å²) in [7, 11) is 1.65. The van der Waals surface area contributed by atoms with Gasteiger partial charge in [-0.15, -0.1) is 12.6 Å². The lowest BCUT2D eigenvalue weighted by molar-refractivity contribution is -0.110. The number of fused-ring (bicyclic) bond motifs is 1. The normalized spacial score (nSPS) is 32.0. The molecule has 2 rings (SSSR count). The van der Waals surface area contributed by atoms with E-state index >= 15 is 0 Å². The van der Waals surface area contributed by atoms with Crippen LogP contribution in [0.2, 0.25) is 0 Å². The van der Waals surface area contributed by atoms with Crippen molar-refractivity contribution in [2.75, 3.05) is 7.11 Å². The van der Waals surface area contributed by atoms with Gasteiger partial charge in [0.15, 0.2) is 10.8 Å². The van der Waals surface area contributed by atoms with Gasteiger partial charge in [-0.1, -0.05) is 38.3 Å². The third-order valence-electron chi connectivity index (χ3n) is 5.66. The van der Waals surface area contributed by atoms with E-state index in [1.165, 1.54) is 0 Å². The number of nitrogens with zero attached hydrogens (tertiary/aromatic N) is 1. The van der Waals surface area contributed by atoms with Gasteiger partial charge in [0.1, 0.15) is 0 Å². The van der Waals surface area contributed by atoms with Crippen LogP contribution < -0.4 is 0 Å². The van der Waals surface area contributed by atoms with Crippen LogP contribution in [0.3, 0.4) is 0 Å². The molecule has 1 aliphatic carbocycles. The van der Waals surface area contributed by atoms with E-state index in [4.69, 9.17) is 9.73 Å². The van der Waals surface area contributed by atoms with Crippen molar-refractivity contribution in [1.82, 2.24) is 0 Å². The molecule has 1 heterocycles. The van der Waals surface area contributed by atoms with Crippen molar-refractivity contribution < 1.29 is 19.7 Å². The second kappa shape index (κ2) is 10.0. The van der Waals surface area contributed by atoms with Crippen LogP contribution >= 0.6 is 12.6 Å². The minimum Gasteiger partial charge on any atom is -0.392 e. The molecule has 5 unspecified atom stereocenters. The fraction of sp³-hybridized carbons (Fsp3) is 0.800. The van der Waals surface area contributed by atoms with E-state index in [1.54, 1.807) is 7.11 Å². The van der Waals surface area contributed by atoms with E-state index in [9.17, 15) is 15.0 Å². The zero-order valence-corrected chi connectivity index (χ0v) is 16.8. The summed E-state index contributed by atoms with van der Waals surface area (Å²) in [5, 5.41) is 20.6. The number of aliphatic hydroxyl groups excluding tert-OH is 2. The van der Waals surface area contributed by atoms with Gasteiger partial charge in [0.05, 0.1) is 12.2 Å². The number of aliphatic imine (C=N–C) groups is 1. The van der Waals surface area contributed by atoms with Crippen molar-refractivity contribution >= 4 is 23.5 Å². The Morgan fingerprint density at radius 1 is 1.46 bits per heavy atom. The van der Waals surface area contributed by atoms with Gasteiger partial charge in [0.2, 0.25) is 0 Å². The molecule has 0 spiro atoms. The van der Waals surface area contributed by atoms with E-state index in [0.717, 1.165) is 50.7 Å². The highest BCUT2D eigenvalue weighted by atomic mass is 32.1. The number of unbranched alkanes of at least 4 members (excludes halogenated alkanes) is 2. The number of methoxy groups -OCH3 is 1. The molecule has 0 aromatic carbocycles. The van der Waals surface area contributed by atoms with Crippen LogP contribution in [0.15, 0.2) is 17.1 Å². The molecule has 0 bridgehead atoms. The molecule has 5 atom stereocenters. The minimum atomic E-state index is -0.665. The Morgan fingerprint density at radius 2 is 2.23 bits per heavy atom. The fourth-order valence-corrected chi connectivity index (χ4v) is 4.41. The third-order valence-corrected chi connectivity index (χ3v) is 5.88. The predicted molar refractivity (Wildman–Crippen MR) is 107 cm³/mol. The van der Waals surface area contributed by atoms with Gasteiger partial charge >= 0.3 is 0 Å². The number of carbonyl (C=O) groups is 1. The Hall–Kier alpha value is -0.690. The summed E-state index contributed by atoms with van der Waals surface area (Å²) in [6.45, 7) is 2.14. The van der Waals surface area contributed by atoms with Gasteiger partial charge in [-0.2, -0.15) is 0 Å². The maximum absolute atomic E-state index is 11.0. The van der Waals surface area contributed by atoms with Crippen LogP contribution in [-0.2, 0) is 9.53 Å². The summed E-state index contributed by atoms with van der Waals surface area (Å²) < 4.78 is 5.74. The van der Waals surface area contributed by atoms with Crippen molar-refractivity contribution in [2.45, 2.75) is 82.6 Å². The number of carbonyl (C=O) groups excluding carboxylic acids is 1. The largest absolute Gasteiger partial charge is 0.392 e. The van der Waals surface area contributed by atoms with Crippen molar-refractivity contribution in [1.29, 1.82) is 0 Å². The molecule has 0 aromatic rings. The molecule has 1 saturated carbocycles. The average molecular weight is 384 g/mol. The molecule has 148 valence electrons. The SMILES string of the molecule is CCCCCC(O)/C=C/C1C(O)CC2(OC)N=C(CCCC(=O)S)CC12. The molecule has 6 heteroatoms. The summed E-state index contributed by atoms with van der Waals surface area (Å²) >= 11 is 3.81. The number of hydrogen-bond acceptors (Lipinski definition) is 5. The van der Waals surface area contributed by atoms with E-state index in [2.05, 4.69) is 19.6 Å². The average Bonchev–Trinajstić information content (AvgIpc) is 3.05. The summed E-state index contributed by atoms with van der Waals surface area (Å²) in [6, 6.07) is 0. The smallest absolute Gasteiger partial charge is 0.185 e. The lowest BCUT2D eigenvalue weighted by Gasteiger charge is -2.26. The Morgan fingerprint density at radius 3 is 2.88 bits per heavy atom. The topological polar surface area (TPSA) is 79.1 Å². The van der Waals surface area contributed by atoms with Crippen LogP contribution in [0, 0.1) is 11.8 Å². The maximum Gasteiger partial charge on any atom is 0.185 e. The van der Waals surface area contributed by atoms with E-state index in [-0.39, 0.29) is 17.0 Å². The van der Waals surface area contributed by atoms with Crippen molar-refractivity contribution in [3.8, 4) is 0 Å². The monoisotopic (exact) mass is 383 g/mol. The molecule has 0 aromatic heterocycles. The first kappa shape index (κ1) is 21.6. The number of rotatable bonds is 11. The highest BCUT2D eigenvalue weighted by Crippen LogP contribution is 2.50. The van der Waals surface area contributed by atoms with Gasteiger partial charge in [0, 0.05) is 37.5 Å². The first-order valence-electron chi connectivity index (χ1n) is 9.81. The Labute approximate surface area is 162 Å². The molecule has 26 heavy (non-hydrogen) atoms. The quantitative estimate of drug-likeness (QED) is 0.291. The van der Waals surface area contributed by atoms with Gasteiger partial charge in [0.25, 0.3) is 0 Å². The molecular weight excluding hydrogens is 350 g/mol. The second-order valence-corrected chi connectivity index (χ2v) is 8.08. The molecule has 2 N–H and O–H groups in total. The van der Waals surface area contributed by atoms with E-state index in [1.807, 2.05) is 12.2 Å². The lowest BCUT2D eigenvalue weighted by Crippen LogP contribution is -2.31. The molecular formula is C20H33NO4S. The van der Waals surface area contributed by atoms with Crippen LogP contribution in [-0.4, -0.2) is 46.1 Å². The van der Waals surface area contributed by atoms with Crippen LogP contribution in [0.1, 0.15) is 64.7 Å². The number of aliphatic hydroxyl groups is 2. The lowest BCUT2D eigenvalue weighted by atomic mass is 9.87. The highest BCUT2D eigenvalue weighted by Gasteiger charge is 2.56. The zero-order chi connectivity index (χ0) is 19.2. The van der Waals surface area contributed by atoms with Crippen molar-refractivity contribution in [2.24, 2.45) is 16.8 Å². The standard InChI is InChI=1S/C20H33NO4S/c1-3-4-5-8-15(22)10-11-16-17-12-14(7-6-9-19(24)26)21-20(17,25-2)13-18(16)23/h10-11,15-18,22-23H,3-9,12-13H2,1-2H3,(H,24,26)/b11-10+.